The molecule has 102 valence electrons. The van der Waals surface area contributed by atoms with Crippen molar-refractivity contribution in [3.05, 3.63) is 70.5 Å². The van der Waals surface area contributed by atoms with Gasteiger partial charge in [0.15, 0.2) is 11.6 Å². The predicted octanol–water partition coefficient (Wildman–Crippen LogP) is 3.90. The molecule has 0 amide bonds. The summed E-state index contributed by atoms with van der Waals surface area (Å²) in [5.74, 6) is -1.05. The van der Waals surface area contributed by atoms with Gasteiger partial charge in [0.1, 0.15) is 5.82 Å². The molecule has 0 heterocycles. The molecule has 2 nitrogen and oxygen atoms in total. The number of benzene rings is 2. The van der Waals surface area contributed by atoms with Crippen LogP contribution in [0.4, 0.5) is 4.39 Å². The molecule has 0 aromatic heterocycles. The zero-order valence-electron chi connectivity index (χ0n) is 11.4. The van der Waals surface area contributed by atoms with Crippen molar-refractivity contribution in [1.82, 2.24) is 0 Å². The number of rotatable bonds is 4. The normalized spacial score (nSPS) is 10.3. The Bertz CT molecular complexity index is 657. The Hall–Kier alpha value is -2.29. The molecule has 0 atom stereocenters. The van der Waals surface area contributed by atoms with Crippen molar-refractivity contribution in [3.8, 4) is 0 Å². The Morgan fingerprint density at radius 3 is 2.05 bits per heavy atom. The fourth-order valence-electron chi connectivity index (χ4n) is 1.86. The average molecular weight is 270 g/mol. The highest BCUT2D eigenvalue weighted by Gasteiger charge is 2.14. The van der Waals surface area contributed by atoms with Gasteiger partial charge in [0.2, 0.25) is 0 Å². The number of carbonyl (C=O) groups excluding carboxylic acids is 2. The maximum absolute atomic E-state index is 13.4. The fraction of sp³-hybridized carbons (Fsp3) is 0.176. The van der Waals surface area contributed by atoms with Crippen LogP contribution in [0.3, 0.4) is 0 Å². The van der Waals surface area contributed by atoms with Crippen molar-refractivity contribution in [2.24, 2.45) is 0 Å². The van der Waals surface area contributed by atoms with Gasteiger partial charge in [-0.3, -0.25) is 9.59 Å². The number of halogens is 1. The SMILES string of the molecule is Cc1ccc(C(=O)CC(=O)c2ccc(C)c(F)c2)cc1. The molecule has 20 heavy (non-hydrogen) atoms. The van der Waals surface area contributed by atoms with Gasteiger partial charge in [-0.2, -0.15) is 0 Å². The van der Waals surface area contributed by atoms with Crippen molar-refractivity contribution < 1.29 is 14.0 Å². The van der Waals surface area contributed by atoms with Gasteiger partial charge in [-0.15, -0.1) is 0 Å². The van der Waals surface area contributed by atoms with E-state index in [1.165, 1.54) is 6.07 Å². The maximum Gasteiger partial charge on any atom is 0.170 e. The van der Waals surface area contributed by atoms with Crippen LogP contribution in [0.5, 0.6) is 0 Å². The molecule has 3 heteroatoms. The van der Waals surface area contributed by atoms with Crippen LogP contribution in [0.15, 0.2) is 42.5 Å². The van der Waals surface area contributed by atoms with Gasteiger partial charge in [-0.05, 0) is 25.5 Å². The van der Waals surface area contributed by atoms with E-state index in [4.69, 9.17) is 0 Å². The molecule has 0 fully saturated rings. The van der Waals surface area contributed by atoms with Crippen molar-refractivity contribution >= 4 is 11.6 Å². The van der Waals surface area contributed by atoms with Crippen molar-refractivity contribution in [1.29, 1.82) is 0 Å². The average Bonchev–Trinajstić information content (AvgIpc) is 2.42. The highest BCUT2D eigenvalue weighted by molar-refractivity contribution is 6.13. The smallest absolute Gasteiger partial charge is 0.170 e. The zero-order chi connectivity index (χ0) is 14.7. The van der Waals surface area contributed by atoms with Crippen LogP contribution in [-0.4, -0.2) is 11.6 Å². The second kappa shape index (κ2) is 5.78. The van der Waals surface area contributed by atoms with Crippen molar-refractivity contribution in [2.45, 2.75) is 20.3 Å². The number of Topliss-reactive ketones (excluding diaryl/α,β-unsaturated/α-hetero) is 2. The van der Waals surface area contributed by atoms with Gasteiger partial charge in [0, 0.05) is 11.1 Å². The molecular weight excluding hydrogens is 255 g/mol. The van der Waals surface area contributed by atoms with Gasteiger partial charge in [0.05, 0.1) is 6.42 Å². The minimum Gasteiger partial charge on any atom is -0.294 e. The molecule has 2 rings (SSSR count). The van der Waals surface area contributed by atoms with E-state index in [1.54, 1.807) is 31.2 Å². The number of aryl methyl sites for hydroxylation is 2. The first-order valence-electron chi connectivity index (χ1n) is 6.36. The fourth-order valence-corrected chi connectivity index (χ4v) is 1.86. The minimum absolute atomic E-state index is 0.230. The highest BCUT2D eigenvalue weighted by atomic mass is 19.1. The minimum atomic E-state index is -0.432. The quantitative estimate of drug-likeness (QED) is 0.623. The third-order valence-electron chi connectivity index (χ3n) is 3.19. The van der Waals surface area contributed by atoms with Gasteiger partial charge in [-0.25, -0.2) is 4.39 Å². The van der Waals surface area contributed by atoms with Crippen LogP contribution >= 0.6 is 0 Å². The van der Waals surface area contributed by atoms with E-state index in [0.717, 1.165) is 5.56 Å². The third kappa shape index (κ3) is 3.18. The van der Waals surface area contributed by atoms with Crippen LogP contribution in [0, 0.1) is 19.7 Å². The Morgan fingerprint density at radius 1 is 0.900 bits per heavy atom. The number of hydrogen-bond donors (Lipinski definition) is 0. The molecule has 0 spiro atoms. The van der Waals surface area contributed by atoms with Gasteiger partial charge in [-0.1, -0.05) is 42.0 Å². The molecule has 0 saturated heterocycles. The monoisotopic (exact) mass is 270 g/mol. The van der Waals surface area contributed by atoms with Crippen LogP contribution in [-0.2, 0) is 0 Å². The van der Waals surface area contributed by atoms with E-state index < -0.39 is 5.82 Å². The van der Waals surface area contributed by atoms with E-state index in [-0.39, 0.29) is 23.6 Å². The molecule has 0 radical (unpaired) electrons. The summed E-state index contributed by atoms with van der Waals surface area (Å²) >= 11 is 0. The standard InChI is InChI=1S/C17H15FO2/c1-11-3-6-13(7-4-11)16(19)10-17(20)14-8-5-12(2)15(18)9-14/h3-9H,10H2,1-2H3. The number of carbonyl (C=O) groups is 2. The summed E-state index contributed by atoms with van der Waals surface area (Å²) in [6, 6.07) is 11.3. The Kier molecular flexibility index (Phi) is 4.08. The number of hydrogen-bond acceptors (Lipinski definition) is 2. The summed E-state index contributed by atoms with van der Waals surface area (Å²) in [7, 11) is 0. The lowest BCUT2D eigenvalue weighted by atomic mass is 10.00. The van der Waals surface area contributed by atoms with E-state index >= 15 is 0 Å². The van der Waals surface area contributed by atoms with Gasteiger partial charge in [0.25, 0.3) is 0 Å². The molecule has 2 aromatic carbocycles. The van der Waals surface area contributed by atoms with Crippen LogP contribution < -0.4 is 0 Å². The van der Waals surface area contributed by atoms with Gasteiger partial charge >= 0.3 is 0 Å². The van der Waals surface area contributed by atoms with Crippen molar-refractivity contribution in [3.63, 3.8) is 0 Å². The molecule has 2 aromatic rings. The highest BCUT2D eigenvalue weighted by Crippen LogP contribution is 2.13. The summed E-state index contributed by atoms with van der Waals surface area (Å²) in [4.78, 5) is 23.9. The molecule has 0 aliphatic rings. The molecule has 0 aliphatic carbocycles. The predicted molar refractivity (Wildman–Crippen MR) is 75.6 cm³/mol. The van der Waals surface area contributed by atoms with Crippen LogP contribution in [0.1, 0.15) is 38.3 Å². The molecule has 0 unspecified atom stereocenters. The number of ketones is 2. The second-order valence-electron chi connectivity index (χ2n) is 4.85. The van der Waals surface area contributed by atoms with E-state index in [2.05, 4.69) is 0 Å². The first kappa shape index (κ1) is 14.1. The third-order valence-corrected chi connectivity index (χ3v) is 3.19. The first-order chi connectivity index (χ1) is 9.47. The van der Waals surface area contributed by atoms with E-state index in [9.17, 15) is 14.0 Å². The molecule has 0 N–H and O–H groups in total. The lowest BCUT2D eigenvalue weighted by Crippen LogP contribution is -2.09. The summed E-state index contributed by atoms with van der Waals surface area (Å²) in [6.45, 7) is 3.55. The summed E-state index contributed by atoms with van der Waals surface area (Å²) in [5.41, 5.74) is 2.25. The summed E-state index contributed by atoms with van der Waals surface area (Å²) in [6.07, 6.45) is -0.244. The van der Waals surface area contributed by atoms with E-state index in [0.29, 0.717) is 11.1 Å². The summed E-state index contributed by atoms with van der Waals surface area (Å²) in [5, 5.41) is 0. The maximum atomic E-state index is 13.4. The Morgan fingerprint density at radius 2 is 1.45 bits per heavy atom. The first-order valence-corrected chi connectivity index (χ1v) is 6.36. The Balaban J connectivity index is 2.13. The summed E-state index contributed by atoms with van der Waals surface area (Å²) < 4.78 is 13.4. The van der Waals surface area contributed by atoms with E-state index in [1.807, 2.05) is 19.1 Å². The zero-order valence-corrected chi connectivity index (χ0v) is 11.4. The lowest BCUT2D eigenvalue weighted by Gasteiger charge is -2.03. The molecule has 0 aliphatic heterocycles. The molecular formula is C17H15FO2. The van der Waals surface area contributed by atoms with Gasteiger partial charge < -0.3 is 0 Å². The lowest BCUT2D eigenvalue weighted by molar-refractivity contribution is 0.0894. The largest absolute Gasteiger partial charge is 0.294 e. The van der Waals surface area contributed by atoms with Crippen LogP contribution in [0.2, 0.25) is 0 Å². The molecule has 0 bridgehead atoms. The topological polar surface area (TPSA) is 34.1 Å². The van der Waals surface area contributed by atoms with Crippen LogP contribution in [0.25, 0.3) is 0 Å². The Labute approximate surface area is 117 Å². The van der Waals surface area contributed by atoms with Crippen molar-refractivity contribution in [2.75, 3.05) is 0 Å². The molecule has 0 saturated carbocycles. The second-order valence-corrected chi connectivity index (χ2v) is 4.85.